The highest BCUT2D eigenvalue weighted by Crippen LogP contribution is 2.13. The normalized spacial score (nSPS) is 15.2. The van der Waals surface area contributed by atoms with Crippen molar-refractivity contribution in [1.29, 1.82) is 0 Å². The van der Waals surface area contributed by atoms with Crippen molar-refractivity contribution in [3.05, 3.63) is 0 Å². The predicted molar refractivity (Wildman–Crippen MR) is 49.6 cm³/mol. The number of unbranched alkanes of at least 4 members (excludes halogenated alkanes) is 1. The molecule has 0 amide bonds. The monoisotopic (exact) mass is 175 g/mol. The Morgan fingerprint density at radius 3 is 2.17 bits per heavy atom. The Hall–Kier alpha value is -0.120. The van der Waals surface area contributed by atoms with Crippen molar-refractivity contribution < 1.29 is 10.2 Å². The number of aliphatic hydroxyl groups excluding tert-OH is 1. The number of nitrogens with zero attached hydrogens (tertiary/aromatic N) is 1. The highest BCUT2D eigenvalue weighted by Gasteiger charge is 2.25. The largest absolute Gasteiger partial charge is 0.379 e. The molecular weight excluding hydrogens is 154 g/mol. The molecule has 0 bridgehead atoms. The third kappa shape index (κ3) is 4.04. The van der Waals surface area contributed by atoms with Gasteiger partial charge >= 0.3 is 0 Å². The van der Waals surface area contributed by atoms with Gasteiger partial charge in [0, 0.05) is 6.54 Å². The van der Waals surface area contributed by atoms with Crippen LogP contribution in [0.15, 0.2) is 0 Å². The highest BCUT2D eigenvalue weighted by molar-refractivity contribution is 4.69. The molecule has 1 atom stereocenters. The predicted octanol–water partition coefficient (Wildman–Crippen LogP) is 1.16. The van der Waals surface area contributed by atoms with Gasteiger partial charge in [-0.3, -0.25) is 4.90 Å². The lowest BCUT2D eigenvalue weighted by molar-refractivity contribution is -0.149. The molecule has 0 aliphatic carbocycles. The molecular formula is C9H21NO2. The third-order valence-electron chi connectivity index (χ3n) is 1.91. The second kappa shape index (κ2) is 4.80. The van der Waals surface area contributed by atoms with Gasteiger partial charge in [0.2, 0.25) is 0 Å². The zero-order valence-electron chi connectivity index (χ0n) is 8.54. The minimum Gasteiger partial charge on any atom is -0.379 e. The first kappa shape index (κ1) is 11.9. The summed E-state index contributed by atoms with van der Waals surface area (Å²) in [6.07, 6.45) is 1.48. The topological polar surface area (TPSA) is 43.7 Å². The summed E-state index contributed by atoms with van der Waals surface area (Å²) in [4.78, 5) is 1.68. The van der Waals surface area contributed by atoms with E-state index in [0.29, 0.717) is 0 Å². The fraction of sp³-hybridized carbons (Fsp3) is 1.00. The fourth-order valence-electron chi connectivity index (χ4n) is 1.25. The van der Waals surface area contributed by atoms with Crippen molar-refractivity contribution in [2.24, 2.45) is 0 Å². The van der Waals surface area contributed by atoms with Crippen LogP contribution < -0.4 is 0 Å². The molecule has 0 aromatic rings. The van der Waals surface area contributed by atoms with Crippen LogP contribution >= 0.6 is 0 Å². The Morgan fingerprint density at radius 2 is 1.92 bits per heavy atom. The summed E-state index contributed by atoms with van der Waals surface area (Å²) in [6, 6.07) is 0. The van der Waals surface area contributed by atoms with E-state index in [4.69, 9.17) is 0 Å². The first-order valence-corrected chi connectivity index (χ1v) is 4.56. The van der Waals surface area contributed by atoms with E-state index in [1.54, 1.807) is 25.7 Å². The quantitative estimate of drug-likeness (QED) is 0.616. The Balaban J connectivity index is 4.05. The Kier molecular flexibility index (Phi) is 4.75. The molecule has 0 rings (SSSR count). The van der Waals surface area contributed by atoms with Crippen LogP contribution in [0.3, 0.4) is 0 Å². The smallest absolute Gasteiger partial charge is 0.114 e. The van der Waals surface area contributed by atoms with E-state index in [1.165, 1.54) is 0 Å². The standard InChI is InChI=1S/C9H21NO2/c1-5-6-7-10(8(2)11)9(3,4)12/h8,11-12H,5-7H2,1-4H3. The zero-order chi connectivity index (χ0) is 9.78. The van der Waals surface area contributed by atoms with E-state index in [2.05, 4.69) is 6.92 Å². The molecule has 74 valence electrons. The van der Waals surface area contributed by atoms with Crippen LogP contribution in [0.25, 0.3) is 0 Å². The van der Waals surface area contributed by atoms with Gasteiger partial charge in [0.15, 0.2) is 0 Å². The second-order valence-corrected chi connectivity index (χ2v) is 3.67. The van der Waals surface area contributed by atoms with Crippen LogP contribution in [0.1, 0.15) is 40.5 Å². The molecule has 0 radical (unpaired) electrons. The number of hydrogen-bond acceptors (Lipinski definition) is 3. The van der Waals surface area contributed by atoms with Gasteiger partial charge in [-0.15, -0.1) is 0 Å². The van der Waals surface area contributed by atoms with Crippen LogP contribution in [-0.2, 0) is 0 Å². The van der Waals surface area contributed by atoms with Gasteiger partial charge in [0.05, 0.1) is 0 Å². The van der Waals surface area contributed by atoms with Crippen LogP contribution in [0.2, 0.25) is 0 Å². The van der Waals surface area contributed by atoms with Crippen LogP contribution in [0, 0.1) is 0 Å². The Bertz CT molecular complexity index is 118. The highest BCUT2D eigenvalue weighted by atomic mass is 16.3. The number of rotatable bonds is 5. The molecule has 0 aliphatic rings. The van der Waals surface area contributed by atoms with E-state index >= 15 is 0 Å². The average Bonchev–Trinajstić information content (AvgIpc) is 1.84. The lowest BCUT2D eigenvalue weighted by atomic mass is 10.2. The maximum absolute atomic E-state index is 9.64. The van der Waals surface area contributed by atoms with E-state index < -0.39 is 12.0 Å². The second-order valence-electron chi connectivity index (χ2n) is 3.67. The molecule has 0 aromatic heterocycles. The zero-order valence-corrected chi connectivity index (χ0v) is 8.54. The molecule has 0 spiro atoms. The van der Waals surface area contributed by atoms with Crippen molar-refractivity contribution in [2.45, 2.75) is 52.5 Å². The summed E-state index contributed by atoms with van der Waals surface area (Å²) in [7, 11) is 0. The van der Waals surface area contributed by atoms with Crippen molar-refractivity contribution >= 4 is 0 Å². The SMILES string of the molecule is CCCCN(C(C)O)C(C)(C)O. The van der Waals surface area contributed by atoms with Gasteiger partial charge in [-0.1, -0.05) is 13.3 Å². The van der Waals surface area contributed by atoms with Gasteiger partial charge in [-0.2, -0.15) is 0 Å². The van der Waals surface area contributed by atoms with Gasteiger partial charge in [0.25, 0.3) is 0 Å². The molecule has 3 heteroatoms. The average molecular weight is 175 g/mol. The summed E-state index contributed by atoms with van der Waals surface area (Å²) in [5.41, 5.74) is -0.927. The van der Waals surface area contributed by atoms with Crippen molar-refractivity contribution in [3.63, 3.8) is 0 Å². The van der Waals surface area contributed by atoms with E-state index in [1.807, 2.05) is 0 Å². The molecule has 1 unspecified atom stereocenters. The van der Waals surface area contributed by atoms with Gasteiger partial charge in [-0.25, -0.2) is 0 Å². The van der Waals surface area contributed by atoms with Crippen LogP contribution in [0.5, 0.6) is 0 Å². The maximum Gasteiger partial charge on any atom is 0.114 e. The maximum atomic E-state index is 9.64. The molecule has 2 N–H and O–H groups in total. The Morgan fingerprint density at radius 1 is 1.42 bits per heavy atom. The first-order chi connectivity index (χ1) is 5.39. The minimum atomic E-state index is -0.927. The molecule has 0 saturated carbocycles. The molecule has 0 heterocycles. The summed E-state index contributed by atoms with van der Waals surface area (Å²) < 4.78 is 0. The third-order valence-corrected chi connectivity index (χ3v) is 1.91. The van der Waals surface area contributed by atoms with Crippen LogP contribution in [-0.4, -0.2) is 33.6 Å². The van der Waals surface area contributed by atoms with E-state index in [-0.39, 0.29) is 0 Å². The molecule has 12 heavy (non-hydrogen) atoms. The fourth-order valence-corrected chi connectivity index (χ4v) is 1.25. The van der Waals surface area contributed by atoms with Crippen molar-refractivity contribution in [2.75, 3.05) is 6.54 Å². The summed E-state index contributed by atoms with van der Waals surface area (Å²) in [5.74, 6) is 0. The number of hydrogen-bond donors (Lipinski definition) is 2. The Labute approximate surface area is 75.0 Å². The summed E-state index contributed by atoms with van der Waals surface area (Å²) in [5, 5.41) is 19.0. The van der Waals surface area contributed by atoms with Crippen LogP contribution in [0.4, 0.5) is 0 Å². The lowest BCUT2D eigenvalue weighted by Crippen LogP contribution is -2.49. The molecule has 0 aromatic carbocycles. The van der Waals surface area contributed by atoms with E-state index in [9.17, 15) is 10.2 Å². The van der Waals surface area contributed by atoms with Crippen molar-refractivity contribution in [1.82, 2.24) is 4.90 Å². The van der Waals surface area contributed by atoms with Gasteiger partial charge in [-0.05, 0) is 27.2 Å². The van der Waals surface area contributed by atoms with Gasteiger partial charge in [0.1, 0.15) is 12.0 Å². The summed E-state index contributed by atoms with van der Waals surface area (Å²) in [6.45, 7) is 7.88. The molecule has 0 fully saturated rings. The molecule has 0 aliphatic heterocycles. The number of aliphatic hydroxyl groups is 2. The lowest BCUT2D eigenvalue weighted by Gasteiger charge is -2.36. The summed E-state index contributed by atoms with van der Waals surface area (Å²) >= 11 is 0. The minimum absolute atomic E-state index is 0.587. The van der Waals surface area contributed by atoms with Gasteiger partial charge < -0.3 is 10.2 Å². The molecule has 3 nitrogen and oxygen atoms in total. The first-order valence-electron chi connectivity index (χ1n) is 4.56. The molecule has 0 saturated heterocycles. The van der Waals surface area contributed by atoms with Crippen molar-refractivity contribution in [3.8, 4) is 0 Å². The van der Waals surface area contributed by atoms with E-state index in [0.717, 1.165) is 19.4 Å².